The van der Waals surface area contributed by atoms with E-state index < -0.39 is 27.5 Å². The Morgan fingerprint density at radius 2 is 0.800 bits per heavy atom. The fourth-order valence-corrected chi connectivity index (χ4v) is 14.8. The zero-order valence-electron chi connectivity index (χ0n) is 31.1. The van der Waals surface area contributed by atoms with E-state index in [4.69, 9.17) is 4.74 Å². The second-order valence-corrected chi connectivity index (χ2v) is 19.1. The Morgan fingerprint density at radius 1 is 0.455 bits per heavy atom. The van der Waals surface area contributed by atoms with Crippen LogP contribution in [-0.4, -0.2) is 29.6 Å². The molecule has 4 atom stereocenters. The molecule has 0 aliphatic heterocycles. The molecular formula is C51H48O2P2. The molecule has 0 heterocycles. The van der Waals surface area contributed by atoms with Crippen LogP contribution in [0.2, 0.25) is 0 Å². The van der Waals surface area contributed by atoms with Crippen LogP contribution in [-0.2, 0) is 10.3 Å². The molecule has 0 saturated heterocycles. The summed E-state index contributed by atoms with van der Waals surface area (Å²) in [7, 11) is -1.43. The lowest BCUT2D eigenvalue weighted by Crippen LogP contribution is -2.35. The predicted molar refractivity (Wildman–Crippen MR) is 234 cm³/mol. The van der Waals surface area contributed by atoms with Gasteiger partial charge in [0.15, 0.2) is 0 Å². The van der Waals surface area contributed by atoms with Crippen LogP contribution < -0.4 is 21.2 Å². The Balaban J connectivity index is 1.20. The number of benzene rings is 7. The van der Waals surface area contributed by atoms with Gasteiger partial charge in [-0.15, -0.1) is 0 Å². The molecule has 0 amide bonds. The number of rotatable bonds is 14. The first-order valence-corrected chi connectivity index (χ1v) is 22.4. The lowest BCUT2D eigenvalue weighted by atomic mass is 9.80. The average Bonchev–Trinajstić information content (AvgIpc) is 3.57. The van der Waals surface area contributed by atoms with Crippen molar-refractivity contribution in [2.24, 2.45) is 11.8 Å². The first kappa shape index (κ1) is 37.3. The third kappa shape index (κ3) is 8.16. The highest BCUT2D eigenvalue weighted by Gasteiger charge is 2.47. The van der Waals surface area contributed by atoms with Crippen molar-refractivity contribution in [3.63, 3.8) is 0 Å². The summed E-state index contributed by atoms with van der Waals surface area (Å²) in [5.41, 5.74) is 2.80. The highest BCUT2D eigenvalue weighted by Crippen LogP contribution is 2.56. The van der Waals surface area contributed by atoms with Gasteiger partial charge in [-0.1, -0.05) is 212 Å². The van der Waals surface area contributed by atoms with E-state index in [9.17, 15) is 5.11 Å². The zero-order valence-corrected chi connectivity index (χ0v) is 32.9. The van der Waals surface area contributed by atoms with Gasteiger partial charge in [-0.05, 0) is 90.3 Å². The average molecular weight is 755 g/mol. The minimum Gasteiger partial charge on any atom is -0.393 e. The minimum absolute atomic E-state index is 0.0693. The normalized spacial score (nSPS) is 18.5. The van der Waals surface area contributed by atoms with Crippen LogP contribution in [0.4, 0.5) is 0 Å². The van der Waals surface area contributed by atoms with Crippen molar-refractivity contribution >= 4 is 37.1 Å². The highest BCUT2D eigenvalue weighted by atomic mass is 31.1. The molecule has 4 heteroatoms. The maximum absolute atomic E-state index is 12.4. The Bertz CT molecular complexity index is 1990. The molecule has 1 aliphatic carbocycles. The van der Waals surface area contributed by atoms with E-state index in [1.807, 2.05) is 0 Å². The molecular weight excluding hydrogens is 707 g/mol. The molecule has 7 aromatic carbocycles. The lowest BCUT2D eigenvalue weighted by molar-refractivity contribution is -0.00584. The van der Waals surface area contributed by atoms with Gasteiger partial charge in [0.1, 0.15) is 5.60 Å². The van der Waals surface area contributed by atoms with Crippen LogP contribution >= 0.6 is 15.8 Å². The number of hydrogen-bond acceptors (Lipinski definition) is 2. The Kier molecular flexibility index (Phi) is 12.1. The van der Waals surface area contributed by atoms with Crippen molar-refractivity contribution in [1.29, 1.82) is 0 Å². The number of hydrogen-bond donors (Lipinski definition) is 1. The van der Waals surface area contributed by atoms with Crippen molar-refractivity contribution < 1.29 is 9.84 Å². The van der Waals surface area contributed by atoms with Crippen LogP contribution in [0.3, 0.4) is 0 Å². The van der Waals surface area contributed by atoms with Gasteiger partial charge in [-0.3, -0.25) is 0 Å². The molecule has 0 aromatic heterocycles. The molecule has 2 unspecified atom stereocenters. The van der Waals surface area contributed by atoms with Crippen molar-refractivity contribution in [3.8, 4) is 0 Å². The molecule has 7 aromatic rings. The summed E-state index contributed by atoms with van der Waals surface area (Å²) < 4.78 is 7.39. The molecule has 274 valence electrons. The van der Waals surface area contributed by atoms with Gasteiger partial charge in [0.2, 0.25) is 0 Å². The van der Waals surface area contributed by atoms with Gasteiger partial charge in [-0.2, -0.15) is 0 Å². The van der Waals surface area contributed by atoms with Crippen LogP contribution in [0.15, 0.2) is 212 Å². The van der Waals surface area contributed by atoms with E-state index in [-0.39, 0.29) is 11.8 Å². The molecule has 0 radical (unpaired) electrons. The fraction of sp³-hybridized carbons (Fsp3) is 0.176. The summed E-state index contributed by atoms with van der Waals surface area (Å²) in [6.07, 6.45) is 2.11. The van der Waals surface area contributed by atoms with E-state index in [1.165, 1.54) is 21.2 Å². The number of ether oxygens (including phenoxy) is 1. The fourth-order valence-electron chi connectivity index (χ4n) is 8.74. The molecule has 1 N–H and O–H groups in total. The second kappa shape index (κ2) is 17.8. The third-order valence-electron chi connectivity index (χ3n) is 11.3. The molecule has 1 aliphatic rings. The van der Waals surface area contributed by atoms with Crippen LogP contribution in [0.1, 0.15) is 29.5 Å². The van der Waals surface area contributed by atoms with Crippen molar-refractivity contribution in [1.82, 2.24) is 0 Å². The first-order chi connectivity index (χ1) is 27.2. The summed E-state index contributed by atoms with van der Waals surface area (Å²) in [6.45, 7) is 0.507. The summed E-state index contributed by atoms with van der Waals surface area (Å²) in [5, 5.41) is 17.9. The number of aliphatic hydroxyl groups is 1. The lowest BCUT2D eigenvalue weighted by Gasteiger charge is -2.37. The summed E-state index contributed by atoms with van der Waals surface area (Å²) >= 11 is 0. The quantitative estimate of drug-likeness (QED) is 0.0885. The molecule has 55 heavy (non-hydrogen) atoms. The van der Waals surface area contributed by atoms with E-state index in [0.29, 0.717) is 12.3 Å². The summed E-state index contributed by atoms with van der Waals surface area (Å²) in [5.74, 6) is 0.344. The van der Waals surface area contributed by atoms with E-state index in [1.54, 1.807) is 0 Å². The van der Waals surface area contributed by atoms with Crippen molar-refractivity contribution in [3.05, 3.63) is 229 Å². The van der Waals surface area contributed by atoms with Gasteiger partial charge in [0.25, 0.3) is 0 Å². The zero-order chi connectivity index (χ0) is 37.3. The second-order valence-electron chi connectivity index (χ2n) is 14.4. The largest absolute Gasteiger partial charge is 0.393 e. The maximum atomic E-state index is 12.4. The first-order valence-electron chi connectivity index (χ1n) is 19.5. The monoisotopic (exact) mass is 754 g/mol. The standard InChI is InChI=1S/C51H48O2P2/c52-49-38-50(55(45-32-18-6-19-33-45)46-34-20-7-21-35-46)48(39-54(43-28-14-4-15-29-43)44-30-16-5-17-31-44)47(49)36-37-53-51(40-22-8-1-9-23-40,41-24-10-2-11-25-41)42-26-12-3-13-27-42/h1-35,47-50,52H,36-39H2/t47?,48-,49?,50-/m0/s1. The van der Waals surface area contributed by atoms with E-state index in [0.717, 1.165) is 35.7 Å². The van der Waals surface area contributed by atoms with Crippen LogP contribution in [0.5, 0.6) is 0 Å². The Morgan fingerprint density at radius 3 is 1.18 bits per heavy atom. The van der Waals surface area contributed by atoms with Gasteiger partial charge < -0.3 is 9.84 Å². The van der Waals surface area contributed by atoms with Crippen molar-refractivity contribution in [2.75, 3.05) is 12.8 Å². The minimum atomic E-state index is -0.802. The number of aliphatic hydroxyl groups excluding tert-OH is 1. The molecule has 0 spiro atoms. The molecule has 0 bridgehead atoms. The molecule has 2 nitrogen and oxygen atoms in total. The highest BCUT2D eigenvalue weighted by molar-refractivity contribution is 7.74. The Labute approximate surface area is 329 Å². The SMILES string of the molecule is OC1C[C@H](P(c2ccccc2)c2ccccc2)[C@@H](CP(c2ccccc2)c2ccccc2)C1CCOC(c1ccccc1)(c1ccccc1)c1ccccc1. The Hall–Kier alpha value is -4.68. The van der Waals surface area contributed by atoms with E-state index in [2.05, 4.69) is 212 Å². The molecule has 1 saturated carbocycles. The summed E-state index contributed by atoms with van der Waals surface area (Å²) in [4.78, 5) is 0. The van der Waals surface area contributed by atoms with Crippen LogP contribution in [0.25, 0.3) is 0 Å². The van der Waals surface area contributed by atoms with Crippen LogP contribution in [0, 0.1) is 11.8 Å². The topological polar surface area (TPSA) is 29.5 Å². The van der Waals surface area contributed by atoms with Crippen molar-refractivity contribution in [2.45, 2.75) is 30.2 Å². The van der Waals surface area contributed by atoms with Gasteiger partial charge in [0, 0.05) is 6.61 Å². The van der Waals surface area contributed by atoms with Gasteiger partial charge >= 0.3 is 0 Å². The predicted octanol–water partition coefficient (Wildman–Crippen LogP) is 10.0. The molecule has 8 rings (SSSR count). The van der Waals surface area contributed by atoms with Gasteiger partial charge in [0.05, 0.1) is 6.10 Å². The van der Waals surface area contributed by atoms with Gasteiger partial charge in [-0.25, -0.2) is 0 Å². The molecule has 1 fully saturated rings. The smallest absolute Gasteiger partial charge is 0.143 e. The summed E-state index contributed by atoms with van der Waals surface area (Å²) in [6, 6.07) is 76.3. The van der Waals surface area contributed by atoms with E-state index >= 15 is 0 Å². The maximum Gasteiger partial charge on any atom is 0.143 e. The third-order valence-corrected chi connectivity index (χ3v) is 16.9.